The second kappa shape index (κ2) is 5.07. The van der Waals surface area contributed by atoms with E-state index in [9.17, 15) is 0 Å². The van der Waals surface area contributed by atoms with Crippen molar-refractivity contribution >= 4 is 11.6 Å². The third-order valence-corrected chi connectivity index (χ3v) is 3.90. The van der Waals surface area contributed by atoms with Crippen LogP contribution < -0.4 is 4.74 Å². The lowest BCUT2D eigenvalue weighted by Crippen LogP contribution is -2.35. The predicted octanol–water partition coefficient (Wildman–Crippen LogP) is 2.98. The Balaban J connectivity index is 2.38. The van der Waals surface area contributed by atoms with Crippen molar-refractivity contribution in [2.75, 3.05) is 26.2 Å². The van der Waals surface area contributed by atoms with Gasteiger partial charge in [0.1, 0.15) is 5.75 Å². The molecule has 0 bridgehead atoms. The molecule has 1 saturated heterocycles. The molecule has 1 heterocycles. The topological polar surface area (TPSA) is 18.5 Å². The summed E-state index contributed by atoms with van der Waals surface area (Å²) in [5, 5.41) is 0. The van der Waals surface area contributed by atoms with Gasteiger partial charge in [-0.1, -0.05) is 18.2 Å². The summed E-state index contributed by atoms with van der Waals surface area (Å²) in [6.45, 7) is 1.57. The summed E-state index contributed by atoms with van der Waals surface area (Å²) in [6, 6.07) is 8.15. The van der Waals surface area contributed by atoms with Crippen LogP contribution in [0.3, 0.4) is 0 Å². The van der Waals surface area contributed by atoms with Gasteiger partial charge in [-0.05, 0) is 18.9 Å². The lowest BCUT2D eigenvalue weighted by atomic mass is 9.75. The highest BCUT2D eigenvalue weighted by Gasteiger charge is 2.35. The molecule has 1 aliphatic rings. The van der Waals surface area contributed by atoms with Gasteiger partial charge in [0, 0.05) is 30.1 Å². The zero-order valence-electron chi connectivity index (χ0n) is 9.54. The van der Waals surface area contributed by atoms with E-state index in [4.69, 9.17) is 21.1 Å². The van der Waals surface area contributed by atoms with Gasteiger partial charge in [0.25, 0.3) is 0 Å². The zero-order chi connectivity index (χ0) is 11.4. The summed E-state index contributed by atoms with van der Waals surface area (Å²) in [6.07, 6.45) is 1.94. The van der Waals surface area contributed by atoms with Gasteiger partial charge < -0.3 is 9.47 Å². The SMILES string of the molecule is COc1ccccc1C1(CCl)CCOCC1. The summed E-state index contributed by atoms with van der Waals surface area (Å²) in [5.74, 6) is 1.56. The van der Waals surface area contributed by atoms with E-state index < -0.39 is 0 Å². The molecule has 88 valence electrons. The van der Waals surface area contributed by atoms with Crippen LogP contribution >= 0.6 is 11.6 Å². The van der Waals surface area contributed by atoms with Crippen molar-refractivity contribution in [2.24, 2.45) is 0 Å². The number of methoxy groups -OCH3 is 1. The minimum atomic E-state index is 0.0202. The number of halogens is 1. The number of benzene rings is 1. The summed E-state index contributed by atoms with van der Waals surface area (Å²) < 4.78 is 10.8. The minimum absolute atomic E-state index is 0.0202. The number of hydrogen-bond acceptors (Lipinski definition) is 2. The van der Waals surface area contributed by atoms with E-state index in [1.807, 2.05) is 18.2 Å². The molecule has 16 heavy (non-hydrogen) atoms. The molecule has 0 amide bonds. The fourth-order valence-electron chi connectivity index (χ4n) is 2.32. The van der Waals surface area contributed by atoms with Gasteiger partial charge in [0.2, 0.25) is 0 Å². The Labute approximate surface area is 102 Å². The second-order valence-corrected chi connectivity index (χ2v) is 4.49. The molecule has 0 spiro atoms. The molecule has 0 aromatic heterocycles. The summed E-state index contributed by atoms with van der Waals surface area (Å²) in [5.41, 5.74) is 1.24. The maximum absolute atomic E-state index is 6.19. The standard InChI is InChI=1S/C13H17ClO2/c1-15-12-5-3-2-4-11(12)13(10-14)6-8-16-9-7-13/h2-5H,6-10H2,1H3. The summed E-state index contributed by atoms with van der Waals surface area (Å²) in [7, 11) is 1.71. The van der Waals surface area contributed by atoms with Crippen molar-refractivity contribution in [3.63, 3.8) is 0 Å². The lowest BCUT2D eigenvalue weighted by molar-refractivity contribution is 0.0568. The third-order valence-electron chi connectivity index (χ3n) is 3.38. The molecule has 3 heteroatoms. The van der Waals surface area contributed by atoms with Crippen LogP contribution in [0, 0.1) is 0 Å². The number of hydrogen-bond donors (Lipinski definition) is 0. The van der Waals surface area contributed by atoms with Crippen LogP contribution in [0.25, 0.3) is 0 Å². The molecule has 1 aromatic rings. The van der Waals surface area contributed by atoms with E-state index in [0.29, 0.717) is 5.88 Å². The van der Waals surface area contributed by atoms with E-state index in [2.05, 4.69) is 6.07 Å². The van der Waals surface area contributed by atoms with Crippen molar-refractivity contribution in [2.45, 2.75) is 18.3 Å². The second-order valence-electron chi connectivity index (χ2n) is 4.23. The van der Waals surface area contributed by atoms with E-state index in [-0.39, 0.29) is 5.41 Å². The monoisotopic (exact) mass is 240 g/mol. The van der Waals surface area contributed by atoms with Crippen molar-refractivity contribution in [3.8, 4) is 5.75 Å². The van der Waals surface area contributed by atoms with Crippen molar-refractivity contribution in [3.05, 3.63) is 29.8 Å². The van der Waals surface area contributed by atoms with Gasteiger partial charge >= 0.3 is 0 Å². The molecule has 0 atom stereocenters. The first-order chi connectivity index (χ1) is 7.82. The van der Waals surface area contributed by atoms with Gasteiger partial charge in [-0.2, -0.15) is 0 Å². The summed E-state index contributed by atoms with van der Waals surface area (Å²) >= 11 is 6.19. The Bertz CT molecular complexity index is 346. The Hall–Kier alpha value is -0.730. The lowest BCUT2D eigenvalue weighted by Gasteiger charge is -2.36. The Kier molecular flexibility index (Phi) is 3.72. The van der Waals surface area contributed by atoms with Crippen LogP contribution in [-0.2, 0) is 10.2 Å². The van der Waals surface area contributed by atoms with Crippen LogP contribution in [0.1, 0.15) is 18.4 Å². The number of alkyl halides is 1. The average molecular weight is 241 g/mol. The Morgan fingerprint density at radius 1 is 1.31 bits per heavy atom. The van der Waals surface area contributed by atoms with Gasteiger partial charge in [0.05, 0.1) is 7.11 Å². The van der Waals surface area contributed by atoms with Crippen LogP contribution in [0.4, 0.5) is 0 Å². The largest absolute Gasteiger partial charge is 0.496 e. The minimum Gasteiger partial charge on any atom is -0.496 e. The number of para-hydroxylation sites is 1. The van der Waals surface area contributed by atoms with Crippen LogP contribution in [0.15, 0.2) is 24.3 Å². The first kappa shape index (κ1) is 11.7. The fourth-order valence-corrected chi connectivity index (χ4v) is 2.73. The molecule has 0 N–H and O–H groups in total. The smallest absolute Gasteiger partial charge is 0.122 e. The first-order valence-corrected chi connectivity index (χ1v) is 6.13. The quantitative estimate of drug-likeness (QED) is 0.757. The highest BCUT2D eigenvalue weighted by atomic mass is 35.5. The van der Waals surface area contributed by atoms with Crippen molar-refractivity contribution < 1.29 is 9.47 Å². The number of rotatable bonds is 3. The van der Waals surface area contributed by atoms with Crippen molar-refractivity contribution in [1.82, 2.24) is 0 Å². The normalized spacial score (nSPS) is 19.4. The molecule has 2 rings (SSSR count). The highest BCUT2D eigenvalue weighted by molar-refractivity contribution is 6.18. The number of ether oxygens (including phenoxy) is 2. The molecular formula is C13H17ClO2. The molecular weight excluding hydrogens is 224 g/mol. The Morgan fingerprint density at radius 2 is 2.00 bits per heavy atom. The molecule has 1 fully saturated rings. The zero-order valence-corrected chi connectivity index (χ0v) is 10.3. The van der Waals surface area contributed by atoms with Crippen molar-refractivity contribution in [1.29, 1.82) is 0 Å². The van der Waals surface area contributed by atoms with Gasteiger partial charge in [-0.25, -0.2) is 0 Å². The first-order valence-electron chi connectivity index (χ1n) is 5.59. The molecule has 1 aliphatic heterocycles. The average Bonchev–Trinajstić information content (AvgIpc) is 2.39. The van der Waals surface area contributed by atoms with Crippen LogP contribution in [-0.4, -0.2) is 26.2 Å². The Morgan fingerprint density at radius 3 is 2.62 bits per heavy atom. The molecule has 2 nitrogen and oxygen atoms in total. The fraction of sp³-hybridized carbons (Fsp3) is 0.538. The molecule has 1 aromatic carbocycles. The van der Waals surface area contributed by atoms with Gasteiger partial charge in [0.15, 0.2) is 0 Å². The van der Waals surface area contributed by atoms with E-state index in [1.165, 1.54) is 5.56 Å². The van der Waals surface area contributed by atoms with E-state index >= 15 is 0 Å². The van der Waals surface area contributed by atoms with Gasteiger partial charge in [-0.15, -0.1) is 11.6 Å². The maximum Gasteiger partial charge on any atom is 0.122 e. The van der Waals surface area contributed by atoms with Gasteiger partial charge in [-0.3, -0.25) is 0 Å². The molecule has 0 radical (unpaired) electrons. The molecule has 0 unspecified atom stereocenters. The van der Waals surface area contributed by atoms with Crippen LogP contribution in [0.5, 0.6) is 5.75 Å². The van der Waals surface area contributed by atoms with E-state index in [0.717, 1.165) is 31.8 Å². The summed E-state index contributed by atoms with van der Waals surface area (Å²) in [4.78, 5) is 0. The molecule has 0 aliphatic carbocycles. The van der Waals surface area contributed by atoms with E-state index in [1.54, 1.807) is 7.11 Å². The maximum atomic E-state index is 6.19. The molecule has 0 saturated carbocycles. The highest BCUT2D eigenvalue weighted by Crippen LogP contribution is 2.40. The third kappa shape index (κ3) is 2.04. The van der Waals surface area contributed by atoms with Crippen LogP contribution in [0.2, 0.25) is 0 Å². The predicted molar refractivity (Wildman–Crippen MR) is 65.4 cm³/mol.